The molecule has 0 unspecified atom stereocenters. The van der Waals surface area contributed by atoms with Crippen LogP contribution in [0.5, 0.6) is 0 Å². The Kier molecular flexibility index (Phi) is 10.9. The molecule has 0 atom stereocenters. The Balaban J connectivity index is 3.11. The van der Waals surface area contributed by atoms with Crippen molar-refractivity contribution in [3.8, 4) is 0 Å². The van der Waals surface area contributed by atoms with Gasteiger partial charge in [-0.05, 0) is 6.08 Å². The van der Waals surface area contributed by atoms with E-state index in [9.17, 15) is 0 Å². The summed E-state index contributed by atoms with van der Waals surface area (Å²) in [6.07, 6.45) is 18.2. The van der Waals surface area contributed by atoms with Crippen LogP contribution >= 0.6 is 0 Å². The summed E-state index contributed by atoms with van der Waals surface area (Å²) >= 11 is 0. The normalized spacial score (nSPS) is 14.0. The van der Waals surface area contributed by atoms with Crippen molar-refractivity contribution < 1.29 is 0 Å². The van der Waals surface area contributed by atoms with Crippen LogP contribution in [0.1, 0.15) is 79.1 Å². The van der Waals surface area contributed by atoms with Gasteiger partial charge >= 0.3 is 0 Å². The van der Waals surface area contributed by atoms with Crippen molar-refractivity contribution >= 4 is 15.9 Å². The summed E-state index contributed by atoms with van der Waals surface area (Å²) in [4.78, 5) is 0. The summed E-state index contributed by atoms with van der Waals surface area (Å²) in [5.41, 5.74) is 3.72. The highest BCUT2D eigenvalue weighted by Gasteiger charge is 2.31. The smallest absolute Gasteiger partial charge is 0.0202 e. The molecule has 1 aliphatic rings. The van der Waals surface area contributed by atoms with Gasteiger partial charge in [0, 0.05) is 0 Å². The van der Waals surface area contributed by atoms with E-state index in [0.29, 0.717) is 0 Å². The van der Waals surface area contributed by atoms with E-state index >= 15 is 0 Å². The Hall–Kier alpha value is -0.306. The predicted octanol–water partition coefficient (Wildman–Crippen LogP) is 7.40. The van der Waals surface area contributed by atoms with Gasteiger partial charge in [0.1, 0.15) is 0 Å². The fourth-order valence-electron chi connectivity index (χ4n) is 3.91. The Morgan fingerprint density at radius 2 is 1.35 bits per heavy atom. The average Bonchev–Trinajstić information content (AvgIpc) is 3.11. The van der Waals surface area contributed by atoms with Gasteiger partial charge in [-0.2, -0.15) is 12.1 Å². The molecule has 0 aromatic rings. The topological polar surface area (TPSA) is 0 Å². The van der Waals surface area contributed by atoms with Gasteiger partial charge in [-0.1, -0.05) is 116 Å². The lowest BCUT2D eigenvalue weighted by Crippen LogP contribution is -2.52. The first-order valence-electron chi connectivity index (χ1n) is 10.2. The van der Waals surface area contributed by atoms with Crippen LogP contribution < -0.4 is 0 Å². The summed E-state index contributed by atoms with van der Waals surface area (Å²) in [5.74, 6) is 0. The zero-order valence-corrected chi connectivity index (χ0v) is 18.2. The first kappa shape index (κ1) is 20.7. The number of hydrogen-bond acceptors (Lipinski definition) is 0. The van der Waals surface area contributed by atoms with Gasteiger partial charge in [0.15, 0.2) is 0 Å². The maximum absolute atomic E-state index is 3.72. The third kappa shape index (κ3) is 6.25. The number of allylic oxidation sites excluding steroid dienone is 3. The molecule has 1 rings (SSSR count). The molecule has 0 saturated heterocycles. The zero-order valence-electron chi connectivity index (χ0n) is 16.2. The molecule has 0 radical (unpaired) electrons. The highest BCUT2D eigenvalue weighted by molar-refractivity contribution is 7.36. The van der Waals surface area contributed by atoms with Crippen molar-refractivity contribution in [2.24, 2.45) is 0 Å². The summed E-state index contributed by atoms with van der Waals surface area (Å²) in [6.45, 7) is 9.49. The van der Waals surface area contributed by atoms with Gasteiger partial charge < -0.3 is 0 Å². The molecule has 0 aromatic heterocycles. The van der Waals surface area contributed by atoms with E-state index < -0.39 is 7.59 Å². The maximum atomic E-state index is 3.72. The molecule has 0 nitrogen and oxygen atoms in total. The van der Waals surface area contributed by atoms with E-state index in [1.165, 1.54) is 51.4 Å². The number of unbranched alkanes of at least 4 members (excludes halogenated alkanes) is 4. The molecule has 0 fully saturated rings. The third-order valence-electron chi connectivity index (χ3n) is 5.37. The van der Waals surface area contributed by atoms with Crippen LogP contribution in [0.2, 0.25) is 24.2 Å². The largest absolute Gasteiger partial charge is 0.250 e. The third-order valence-corrected chi connectivity index (χ3v) is 20.3. The van der Waals surface area contributed by atoms with E-state index in [4.69, 9.17) is 0 Å². The Labute approximate surface area is 148 Å². The molecule has 2 heteroatoms. The van der Waals surface area contributed by atoms with Crippen molar-refractivity contribution in [1.82, 2.24) is 0 Å². The molecule has 0 bridgehead atoms. The second-order valence-corrected chi connectivity index (χ2v) is 18.1. The molecular formula is C21H39Si2-. The molecule has 0 N–H and O–H groups in total. The second kappa shape index (κ2) is 12.1. The van der Waals surface area contributed by atoms with Gasteiger partial charge in [0.25, 0.3) is 0 Å². The highest BCUT2D eigenvalue weighted by atomic mass is 29.2. The minimum Gasteiger partial charge on any atom is -0.250 e. The first-order chi connectivity index (χ1) is 11.2. The molecule has 23 heavy (non-hydrogen) atoms. The summed E-state index contributed by atoms with van der Waals surface area (Å²) in [5, 5.41) is 1.71. The molecule has 0 spiro atoms. The van der Waals surface area contributed by atoms with E-state index in [1.54, 1.807) is 29.4 Å². The van der Waals surface area contributed by atoms with Gasteiger partial charge in [-0.3, -0.25) is 0 Å². The van der Waals surface area contributed by atoms with Crippen LogP contribution in [-0.2, 0) is 0 Å². The maximum Gasteiger partial charge on any atom is -0.0202 e. The molecule has 0 saturated carbocycles. The van der Waals surface area contributed by atoms with Crippen molar-refractivity contribution in [3.63, 3.8) is 0 Å². The fraction of sp³-hybridized carbons (Fsp3) is 0.762. The SMILES string of the molecule is CCCC[Si-](CCCC)[Si](CCCC)(CCCC)C1=C=CC=C1. The quantitative estimate of drug-likeness (QED) is 0.227. The summed E-state index contributed by atoms with van der Waals surface area (Å²) in [7, 11) is -1.55. The molecule has 0 aromatic carbocycles. The van der Waals surface area contributed by atoms with E-state index in [-0.39, 0.29) is 8.31 Å². The van der Waals surface area contributed by atoms with Crippen LogP contribution in [0.4, 0.5) is 0 Å². The standard InChI is InChI=1S/C21H39Si2/c1-5-9-17-22(18-10-6-2)23(19-11-7-3,20-12-8-4)21-15-13-14-16-21/h13-15H,5-12,17-20H2,1-4H3/q-1. The van der Waals surface area contributed by atoms with Gasteiger partial charge in [-0.25, -0.2) is 8.31 Å². The average molecular weight is 348 g/mol. The second-order valence-electron chi connectivity index (χ2n) is 7.18. The Morgan fingerprint density at radius 1 is 0.826 bits per heavy atom. The molecular weight excluding hydrogens is 308 g/mol. The van der Waals surface area contributed by atoms with Gasteiger partial charge in [0.2, 0.25) is 0 Å². The van der Waals surface area contributed by atoms with Gasteiger partial charge in [0.05, 0.1) is 0 Å². The molecule has 0 amide bonds. The minimum absolute atomic E-state index is 0.227. The van der Waals surface area contributed by atoms with E-state index in [0.717, 1.165) is 0 Å². The predicted molar refractivity (Wildman–Crippen MR) is 111 cm³/mol. The van der Waals surface area contributed by atoms with E-state index in [1.807, 2.05) is 0 Å². The first-order valence-corrected chi connectivity index (χ1v) is 15.6. The molecule has 132 valence electrons. The highest BCUT2D eigenvalue weighted by Crippen LogP contribution is 2.37. The van der Waals surface area contributed by atoms with Crippen molar-refractivity contribution in [3.05, 3.63) is 29.2 Å². The lowest BCUT2D eigenvalue weighted by atomic mass is 10.4. The molecule has 0 aliphatic heterocycles. The Bertz CT molecular complexity index is 386. The van der Waals surface area contributed by atoms with Crippen molar-refractivity contribution in [1.29, 1.82) is 0 Å². The minimum atomic E-state index is -1.32. The lowest BCUT2D eigenvalue weighted by Gasteiger charge is -2.51. The Morgan fingerprint density at radius 3 is 1.74 bits per heavy atom. The van der Waals surface area contributed by atoms with Crippen LogP contribution in [0.25, 0.3) is 0 Å². The molecule has 0 heterocycles. The lowest BCUT2D eigenvalue weighted by molar-refractivity contribution is 0.825. The number of hydrogen-bond donors (Lipinski definition) is 0. The van der Waals surface area contributed by atoms with Crippen molar-refractivity contribution in [2.75, 3.05) is 0 Å². The molecule has 1 aliphatic carbocycles. The number of rotatable bonds is 14. The van der Waals surface area contributed by atoms with Crippen LogP contribution in [0.3, 0.4) is 0 Å². The monoisotopic (exact) mass is 347 g/mol. The summed E-state index contributed by atoms with van der Waals surface area (Å²) in [6, 6.07) is 6.23. The van der Waals surface area contributed by atoms with Crippen LogP contribution in [0.15, 0.2) is 29.2 Å². The van der Waals surface area contributed by atoms with E-state index in [2.05, 4.69) is 51.7 Å². The summed E-state index contributed by atoms with van der Waals surface area (Å²) < 4.78 is 0. The fourth-order valence-corrected chi connectivity index (χ4v) is 20.0. The van der Waals surface area contributed by atoms with Gasteiger partial charge in [-0.15, -0.1) is 5.73 Å². The van der Waals surface area contributed by atoms with Crippen LogP contribution in [-0.4, -0.2) is 15.9 Å². The van der Waals surface area contributed by atoms with Crippen LogP contribution in [0, 0.1) is 0 Å². The van der Waals surface area contributed by atoms with Crippen molar-refractivity contribution in [2.45, 2.75) is 103 Å². The zero-order chi connectivity index (χ0) is 17.0.